The first kappa shape index (κ1) is 15.6. The molecule has 1 atom stereocenters. The summed E-state index contributed by atoms with van der Waals surface area (Å²) in [5.74, 6) is 0.943. The molecule has 1 unspecified atom stereocenters. The van der Waals surface area contributed by atoms with Crippen molar-refractivity contribution in [3.63, 3.8) is 0 Å². The monoisotopic (exact) mass is 308 g/mol. The van der Waals surface area contributed by atoms with Gasteiger partial charge in [0.25, 0.3) is 0 Å². The molecule has 0 aliphatic rings. The molecule has 0 spiro atoms. The van der Waals surface area contributed by atoms with Gasteiger partial charge in [-0.2, -0.15) is 0 Å². The molecule has 5 nitrogen and oxygen atoms in total. The first-order valence-electron chi connectivity index (χ1n) is 6.78. The summed E-state index contributed by atoms with van der Waals surface area (Å²) in [4.78, 5) is 0.119. The molecule has 21 heavy (non-hydrogen) atoms. The molecule has 3 N–H and O–H groups in total. The van der Waals surface area contributed by atoms with Gasteiger partial charge in [0.1, 0.15) is 5.76 Å². The third-order valence-corrected chi connectivity index (χ3v) is 4.25. The number of hydrogen-bond acceptors (Lipinski definition) is 4. The van der Waals surface area contributed by atoms with Gasteiger partial charge in [0.2, 0.25) is 10.0 Å². The van der Waals surface area contributed by atoms with E-state index in [1.807, 2.05) is 26.0 Å². The van der Waals surface area contributed by atoms with Crippen LogP contribution in [0.4, 0.5) is 5.69 Å². The van der Waals surface area contributed by atoms with Gasteiger partial charge in [0.15, 0.2) is 0 Å². The summed E-state index contributed by atoms with van der Waals surface area (Å²) >= 11 is 0. The average Bonchev–Trinajstić information content (AvgIpc) is 2.91. The summed E-state index contributed by atoms with van der Waals surface area (Å²) in [6.45, 7) is 3.97. The molecule has 2 rings (SSSR count). The maximum Gasteiger partial charge on any atom is 0.238 e. The molecule has 0 aliphatic carbocycles. The molecular formula is C15H20N2O3S. The van der Waals surface area contributed by atoms with E-state index in [1.165, 1.54) is 6.07 Å². The Morgan fingerprint density at radius 3 is 2.71 bits per heavy atom. The summed E-state index contributed by atoms with van der Waals surface area (Å²) in [5, 5.41) is 8.48. The van der Waals surface area contributed by atoms with Gasteiger partial charge in [0.05, 0.1) is 11.2 Å². The second-order valence-corrected chi connectivity index (χ2v) is 6.75. The molecule has 0 saturated heterocycles. The van der Waals surface area contributed by atoms with E-state index in [2.05, 4.69) is 5.32 Å². The van der Waals surface area contributed by atoms with Crippen LogP contribution < -0.4 is 10.5 Å². The van der Waals surface area contributed by atoms with E-state index in [0.29, 0.717) is 0 Å². The van der Waals surface area contributed by atoms with Crippen molar-refractivity contribution in [3.05, 3.63) is 47.9 Å². The number of furan rings is 1. The molecule has 114 valence electrons. The Bertz CT molecular complexity index is 694. The van der Waals surface area contributed by atoms with Crippen LogP contribution in [0, 0.1) is 6.92 Å². The molecule has 6 heteroatoms. The first-order chi connectivity index (χ1) is 9.86. The molecule has 2 aromatic rings. The highest BCUT2D eigenvalue weighted by Crippen LogP contribution is 2.21. The normalized spacial score (nSPS) is 13.1. The summed E-state index contributed by atoms with van der Waals surface area (Å²) in [5.41, 5.74) is 1.76. The number of benzene rings is 1. The second-order valence-electron chi connectivity index (χ2n) is 5.19. The molecular weight excluding hydrogens is 288 g/mol. The van der Waals surface area contributed by atoms with E-state index >= 15 is 0 Å². The van der Waals surface area contributed by atoms with Gasteiger partial charge in [-0.1, -0.05) is 6.07 Å². The van der Waals surface area contributed by atoms with Gasteiger partial charge in [0, 0.05) is 18.2 Å². The second kappa shape index (κ2) is 6.32. The van der Waals surface area contributed by atoms with Crippen LogP contribution in [0.1, 0.15) is 24.7 Å². The van der Waals surface area contributed by atoms with Gasteiger partial charge in [-0.05, 0) is 50.1 Å². The lowest BCUT2D eigenvalue weighted by Gasteiger charge is -2.17. The number of nitrogens with two attached hydrogens (primary N) is 1. The summed E-state index contributed by atoms with van der Waals surface area (Å²) in [6, 6.07) is 8.84. The number of primary sulfonamides is 1. The van der Waals surface area contributed by atoms with Crippen molar-refractivity contribution in [2.45, 2.75) is 37.6 Å². The van der Waals surface area contributed by atoms with Crippen molar-refractivity contribution in [1.82, 2.24) is 0 Å². The predicted molar refractivity (Wildman–Crippen MR) is 82.7 cm³/mol. The van der Waals surface area contributed by atoms with E-state index in [-0.39, 0.29) is 10.9 Å². The first-order valence-corrected chi connectivity index (χ1v) is 8.33. The molecule has 0 amide bonds. The number of sulfonamides is 1. The van der Waals surface area contributed by atoms with Crippen LogP contribution in [-0.2, 0) is 16.4 Å². The predicted octanol–water partition coefficient (Wildman–Crippen LogP) is 2.67. The van der Waals surface area contributed by atoms with Crippen molar-refractivity contribution in [2.24, 2.45) is 5.14 Å². The van der Waals surface area contributed by atoms with Gasteiger partial charge >= 0.3 is 0 Å². The third-order valence-electron chi connectivity index (χ3n) is 3.34. The standard InChI is InChI=1S/C15H20N2O3S/c1-11-5-8-14(21(16,18)19)10-15(11)17-12(2)6-7-13-4-3-9-20-13/h3-5,8-10,12,17H,6-7H2,1-2H3,(H2,16,18,19). The van der Waals surface area contributed by atoms with Crippen LogP contribution in [0.15, 0.2) is 45.9 Å². The summed E-state index contributed by atoms with van der Waals surface area (Å²) in [7, 11) is -3.68. The van der Waals surface area contributed by atoms with E-state index in [4.69, 9.17) is 9.56 Å². The number of anilines is 1. The fraction of sp³-hybridized carbons (Fsp3) is 0.333. The highest BCUT2D eigenvalue weighted by atomic mass is 32.2. The van der Waals surface area contributed by atoms with Crippen LogP contribution in [0.25, 0.3) is 0 Å². The topological polar surface area (TPSA) is 85.3 Å². The Kier molecular flexibility index (Phi) is 4.69. The Balaban J connectivity index is 2.04. The fourth-order valence-corrected chi connectivity index (χ4v) is 2.62. The molecule has 0 bridgehead atoms. The largest absolute Gasteiger partial charge is 0.469 e. The number of hydrogen-bond donors (Lipinski definition) is 2. The third kappa shape index (κ3) is 4.34. The lowest BCUT2D eigenvalue weighted by molar-refractivity contribution is 0.495. The van der Waals surface area contributed by atoms with Crippen molar-refractivity contribution in [2.75, 3.05) is 5.32 Å². The molecule has 1 aromatic heterocycles. The highest BCUT2D eigenvalue weighted by molar-refractivity contribution is 7.89. The van der Waals surface area contributed by atoms with E-state index in [1.54, 1.807) is 18.4 Å². The SMILES string of the molecule is Cc1ccc(S(N)(=O)=O)cc1NC(C)CCc1ccco1. The molecule has 1 aromatic carbocycles. The van der Waals surface area contributed by atoms with E-state index in [0.717, 1.165) is 29.9 Å². The lowest BCUT2D eigenvalue weighted by Crippen LogP contribution is -2.18. The van der Waals surface area contributed by atoms with Crippen molar-refractivity contribution >= 4 is 15.7 Å². The molecule has 0 fully saturated rings. The Hall–Kier alpha value is -1.79. The maximum atomic E-state index is 11.4. The average molecular weight is 308 g/mol. The van der Waals surface area contributed by atoms with Crippen LogP contribution in [0.2, 0.25) is 0 Å². The Morgan fingerprint density at radius 2 is 2.10 bits per heavy atom. The van der Waals surface area contributed by atoms with Gasteiger partial charge in [-0.25, -0.2) is 13.6 Å². The quantitative estimate of drug-likeness (QED) is 0.859. The minimum Gasteiger partial charge on any atom is -0.469 e. The maximum absolute atomic E-state index is 11.4. The van der Waals surface area contributed by atoms with E-state index < -0.39 is 10.0 Å². The molecule has 1 heterocycles. The zero-order valence-electron chi connectivity index (χ0n) is 12.2. The van der Waals surface area contributed by atoms with Crippen LogP contribution in [0.5, 0.6) is 0 Å². The van der Waals surface area contributed by atoms with Crippen molar-refractivity contribution < 1.29 is 12.8 Å². The summed E-state index contributed by atoms with van der Waals surface area (Å²) < 4.78 is 28.1. The van der Waals surface area contributed by atoms with Crippen LogP contribution in [-0.4, -0.2) is 14.5 Å². The Morgan fingerprint density at radius 1 is 1.33 bits per heavy atom. The summed E-state index contributed by atoms with van der Waals surface area (Å²) in [6.07, 6.45) is 3.37. The van der Waals surface area contributed by atoms with Gasteiger partial charge in [-0.3, -0.25) is 0 Å². The molecule has 0 saturated carbocycles. The zero-order chi connectivity index (χ0) is 15.5. The minimum atomic E-state index is -3.68. The highest BCUT2D eigenvalue weighted by Gasteiger charge is 2.11. The van der Waals surface area contributed by atoms with Crippen LogP contribution >= 0.6 is 0 Å². The lowest BCUT2D eigenvalue weighted by atomic mass is 10.1. The minimum absolute atomic E-state index is 0.119. The number of aryl methyl sites for hydroxylation is 2. The number of nitrogens with one attached hydrogen (secondary N) is 1. The van der Waals surface area contributed by atoms with Crippen molar-refractivity contribution in [3.8, 4) is 0 Å². The van der Waals surface area contributed by atoms with Crippen molar-refractivity contribution in [1.29, 1.82) is 0 Å². The zero-order valence-corrected chi connectivity index (χ0v) is 13.0. The molecule has 0 aliphatic heterocycles. The molecule has 0 radical (unpaired) electrons. The van der Waals surface area contributed by atoms with Gasteiger partial charge in [-0.15, -0.1) is 0 Å². The van der Waals surface area contributed by atoms with Gasteiger partial charge < -0.3 is 9.73 Å². The number of rotatable bonds is 6. The van der Waals surface area contributed by atoms with E-state index in [9.17, 15) is 8.42 Å². The smallest absolute Gasteiger partial charge is 0.238 e. The fourth-order valence-electron chi connectivity index (χ4n) is 2.08. The Labute approximate surface area is 125 Å². The van der Waals surface area contributed by atoms with Crippen LogP contribution in [0.3, 0.4) is 0 Å².